The van der Waals surface area contributed by atoms with Crippen LogP contribution in [-0.2, 0) is 0 Å². The van der Waals surface area contributed by atoms with Crippen molar-refractivity contribution in [2.45, 2.75) is 31.2 Å². The first kappa shape index (κ1) is 19.6. The highest BCUT2D eigenvalue weighted by molar-refractivity contribution is 6.29. The molecule has 9 nitrogen and oxygen atoms in total. The van der Waals surface area contributed by atoms with Gasteiger partial charge in [-0.3, -0.25) is 4.79 Å². The standard InChI is InChI=1S/C21H21ClN8O/c22-18-5-6-19(29-28-18)30-8-7-14(11-30)26-21(31)20-17(25-15-9-23-12-24-10-15)4-3-16(27-20)13-1-2-13/h3-6,9-10,12-14,25H,1-2,7-8,11H2,(H,26,31)/t14-/m1/s1. The Hall–Kier alpha value is -3.33. The van der Waals surface area contributed by atoms with Gasteiger partial charge in [-0.2, -0.15) is 0 Å². The quantitative estimate of drug-likeness (QED) is 0.607. The van der Waals surface area contributed by atoms with E-state index < -0.39 is 0 Å². The van der Waals surface area contributed by atoms with Gasteiger partial charge in [-0.05, 0) is 43.5 Å². The summed E-state index contributed by atoms with van der Waals surface area (Å²) in [6.07, 6.45) is 7.83. The average molecular weight is 437 g/mol. The summed E-state index contributed by atoms with van der Waals surface area (Å²) >= 11 is 5.83. The van der Waals surface area contributed by atoms with Gasteiger partial charge in [0.1, 0.15) is 6.33 Å². The Morgan fingerprint density at radius 2 is 1.90 bits per heavy atom. The van der Waals surface area contributed by atoms with E-state index in [0.29, 0.717) is 34.7 Å². The van der Waals surface area contributed by atoms with E-state index in [4.69, 9.17) is 16.6 Å². The Kier molecular flexibility index (Phi) is 5.33. The van der Waals surface area contributed by atoms with Crippen LogP contribution in [0.2, 0.25) is 5.15 Å². The van der Waals surface area contributed by atoms with E-state index in [1.807, 2.05) is 18.2 Å². The van der Waals surface area contributed by atoms with E-state index in [-0.39, 0.29) is 11.9 Å². The summed E-state index contributed by atoms with van der Waals surface area (Å²) in [6.45, 7) is 1.43. The van der Waals surface area contributed by atoms with Crippen LogP contribution in [0.1, 0.15) is 41.4 Å². The number of nitrogens with zero attached hydrogens (tertiary/aromatic N) is 6. The Morgan fingerprint density at radius 3 is 2.65 bits per heavy atom. The molecule has 158 valence electrons. The highest BCUT2D eigenvalue weighted by Crippen LogP contribution is 2.39. The predicted octanol–water partition coefficient (Wildman–Crippen LogP) is 2.94. The van der Waals surface area contributed by atoms with Crippen LogP contribution in [-0.4, -0.2) is 50.2 Å². The van der Waals surface area contributed by atoms with Crippen LogP contribution in [0.4, 0.5) is 17.2 Å². The summed E-state index contributed by atoms with van der Waals surface area (Å²) in [6, 6.07) is 7.44. The number of anilines is 3. The van der Waals surface area contributed by atoms with Crippen LogP contribution in [0.25, 0.3) is 0 Å². The molecule has 0 bridgehead atoms. The van der Waals surface area contributed by atoms with Crippen molar-refractivity contribution >= 4 is 34.7 Å². The molecule has 0 spiro atoms. The fourth-order valence-electron chi connectivity index (χ4n) is 3.69. The fourth-order valence-corrected chi connectivity index (χ4v) is 3.79. The summed E-state index contributed by atoms with van der Waals surface area (Å²) in [7, 11) is 0. The fraction of sp³-hybridized carbons (Fsp3) is 0.333. The number of hydrogen-bond acceptors (Lipinski definition) is 8. The molecule has 3 aromatic heterocycles. The van der Waals surface area contributed by atoms with Gasteiger partial charge in [-0.25, -0.2) is 15.0 Å². The van der Waals surface area contributed by atoms with Crippen molar-refractivity contribution in [1.82, 2.24) is 30.5 Å². The number of nitrogens with one attached hydrogen (secondary N) is 2. The number of aromatic nitrogens is 5. The van der Waals surface area contributed by atoms with Crippen molar-refractivity contribution in [1.29, 1.82) is 0 Å². The molecule has 31 heavy (non-hydrogen) atoms. The predicted molar refractivity (Wildman–Crippen MR) is 117 cm³/mol. The molecule has 0 unspecified atom stereocenters. The normalized spacial score (nSPS) is 18.1. The number of rotatable bonds is 6. The second-order valence-electron chi connectivity index (χ2n) is 7.78. The molecule has 1 saturated carbocycles. The molecule has 5 rings (SSSR count). The number of halogens is 1. The Bertz CT molecular complexity index is 1070. The minimum Gasteiger partial charge on any atom is -0.353 e. The molecule has 1 aliphatic heterocycles. The largest absolute Gasteiger partial charge is 0.353 e. The van der Waals surface area contributed by atoms with E-state index >= 15 is 0 Å². The third-order valence-corrected chi connectivity index (χ3v) is 5.63. The van der Waals surface area contributed by atoms with Crippen LogP contribution in [0.15, 0.2) is 43.0 Å². The van der Waals surface area contributed by atoms with Gasteiger partial charge in [0, 0.05) is 30.7 Å². The Labute approximate surface area is 184 Å². The summed E-state index contributed by atoms with van der Waals surface area (Å²) < 4.78 is 0. The molecule has 0 radical (unpaired) electrons. The number of pyridine rings is 1. The molecule has 3 aromatic rings. The van der Waals surface area contributed by atoms with Gasteiger partial charge in [0.15, 0.2) is 16.7 Å². The van der Waals surface area contributed by atoms with Crippen LogP contribution in [0, 0.1) is 0 Å². The van der Waals surface area contributed by atoms with Crippen LogP contribution in [0.3, 0.4) is 0 Å². The second-order valence-corrected chi connectivity index (χ2v) is 8.17. The topological polar surface area (TPSA) is 109 Å². The zero-order valence-corrected chi connectivity index (χ0v) is 17.5. The smallest absolute Gasteiger partial charge is 0.272 e. The van der Waals surface area contributed by atoms with Crippen molar-refractivity contribution < 1.29 is 4.79 Å². The highest BCUT2D eigenvalue weighted by atomic mass is 35.5. The number of carbonyl (C=O) groups is 1. The van der Waals surface area contributed by atoms with Crippen molar-refractivity contribution in [3.05, 3.63) is 59.5 Å². The molecular formula is C21H21ClN8O. The molecule has 1 saturated heterocycles. The summed E-state index contributed by atoms with van der Waals surface area (Å²) in [4.78, 5) is 28.0. The monoisotopic (exact) mass is 436 g/mol. The van der Waals surface area contributed by atoms with Gasteiger partial charge < -0.3 is 15.5 Å². The number of carbonyl (C=O) groups excluding carboxylic acids is 1. The summed E-state index contributed by atoms with van der Waals surface area (Å²) in [5.41, 5.74) is 2.68. The molecular weight excluding hydrogens is 416 g/mol. The Morgan fingerprint density at radius 1 is 1.06 bits per heavy atom. The number of amides is 1. The van der Waals surface area contributed by atoms with Gasteiger partial charge >= 0.3 is 0 Å². The van der Waals surface area contributed by atoms with Gasteiger partial charge in [0.2, 0.25) is 0 Å². The van der Waals surface area contributed by atoms with Crippen LogP contribution >= 0.6 is 11.6 Å². The second kappa shape index (κ2) is 8.43. The first-order chi connectivity index (χ1) is 15.2. The van der Waals surface area contributed by atoms with Crippen LogP contribution in [0.5, 0.6) is 0 Å². The van der Waals surface area contributed by atoms with Crippen molar-refractivity contribution in [2.75, 3.05) is 23.3 Å². The third kappa shape index (κ3) is 4.56. The molecule has 4 heterocycles. The summed E-state index contributed by atoms with van der Waals surface area (Å²) in [5.74, 6) is 1.00. The SMILES string of the molecule is O=C(N[C@@H]1CCN(c2ccc(Cl)nn2)C1)c1nc(C2CC2)ccc1Nc1cncnc1. The van der Waals surface area contributed by atoms with Gasteiger partial charge in [-0.15, -0.1) is 10.2 Å². The zero-order valence-electron chi connectivity index (χ0n) is 16.7. The molecule has 2 N–H and O–H groups in total. The van der Waals surface area contributed by atoms with Gasteiger partial charge in [0.25, 0.3) is 5.91 Å². The lowest BCUT2D eigenvalue weighted by Gasteiger charge is -2.18. The Balaban J connectivity index is 1.32. The van der Waals surface area contributed by atoms with Gasteiger partial charge in [-0.1, -0.05) is 11.6 Å². The molecule has 1 amide bonds. The maximum atomic E-state index is 13.2. The molecule has 1 aliphatic carbocycles. The first-order valence-corrected chi connectivity index (χ1v) is 10.6. The zero-order chi connectivity index (χ0) is 21.2. The molecule has 0 aromatic carbocycles. The summed E-state index contributed by atoms with van der Waals surface area (Å²) in [5, 5.41) is 14.7. The first-order valence-electron chi connectivity index (χ1n) is 10.2. The lowest BCUT2D eigenvalue weighted by molar-refractivity contribution is 0.0936. The van der Waals surface area contributed by atoms with Crippen molar-refractivity contribution in [2.24, 2.45) is 0 Å². The third-order valence-electron chi connectivity index (χ3n) is 5.43. The van der Waals surface area contributed by atoms with E-state index in [0.717, 1.165) is 37.3 Å². The maximum absolute atomic E-state index is 13.2. The van der Waals surface area contributed by atoms with Crippen molar-refractivity contribution in [3.8, 4) is 0 Å². The van der Waals surface area contributed by atoms with E-state index in [1.54, 1.807) is 18.5 Å². The highest BCUT2D eigenvalue weighted by Gasteiger charge is 2.29. The lowest BCUT2D eigenvalue weighted by Crippen LogP contribution is -2.38. The molecule has 10 heteroatoms. The van der Waals surface area contributed by atoms with Gasteiger partial charge in [0.05, 0.1) is 23.8 Å². The van der Waals surface area contributed by atoms with Crippen molar-refractivity contribution in [3.63, 3.8) is 0 Å². The molecule has 2 aliphatic rings. The minimum atomic E-state index is -0.198. The van der Waals surface area contributed by atoms with E-state index in [1.165, 1.54) is 6.33 Å². The van der Waals surface area contributed by atoms with E-state index in [2.05, 4.69) is 35.7 Å². The minimum absolute atomic E-state index is 0.00994. The van der Waals surface area contributed by atoms with Crippen LogP contribution < -0.4 is 15.5 Å². The molecule has 1 atom stereocenters. The molecule has 2 fully saturated rings. The maximum Gasteiger partial charge on any atom is 0.272 e. The van der Waals surface area contributed by atoms with E-state index in [9.17, 15) is 4.79 Å². The lowest BCUT2D eigenvalue weighted by atomic mass is 10.2. The number of hydrogen-bond donors (Lipinski definition) is 2. The average Bonchev–Trinajstić information content (AvgIpc) is 3.54.